The van der Waals surface area contributed by atoms with Crippen LogP contribution in [0.1, 0.15) is 32.6 Å². The lowest BCUT2D eigenvalue weighted by molar-refractivity contribution is -0.129. The molecule has 1 aliphatic rings. The Hall–Kier alpha value is -0.710. The summed E-state index contributed by atoms with van der Waals surface area (Å²) in [6, 6.07) is 0. The van der Waals surface area contributed by atoms with Gasteiger partial charge in [0.25, 0.3) is 0 Å². The van der Waals surface area contributed by atoms with E-state index in [0.717, 1.165) is 0 Å². The van der Waals surface area contributed by atoms with Crippen molar-refractivity contribution < 1.29 is 18.7 Å². The molecule has 0 heterocycles. The van der Waals surface area contributed by atoms with Crippen LogP contribution >= 0.6 is 0 Å². The van der Waals surface area contributed by atoms with Crippen LogP contribution in [0.2, 0.25) is 0 Å². The van der Waals surface area contributed by atoms with Crippen molar-refractivity contribution in [1.29, 1.82) is 0 Å². The number of carbonyl (C=O) groups excluding carboxylic acids is 1. The minimum atomic E-state index is -2.60. The molecule has 0 unspecified atom stereocenters. The predicted octanol–water partition coefficient (Wildman–Crippen LogP) is 1.31. The Morgan fingerprint density at radius 1 is 1.53 bits per heavy atom. The van der Waals surface area contributed by atoms with Crippen LogP contribution in [0, 0.1) is 5.92 Å². The number of aliphatic hydroxyl groups excluding tert-OH is 1. The Bertz CT molecular complexity index is 221. The average molecular weight is 221 g/mol. The predicted molar refractivity (Wildman–Crippen MR) is 51.6 cm³/mol. The lowest BCUT2D eigenvalue weighted by Crippen LogP contribution is -2.38. The number of carbonyl (C=O) groups is 1. The quantitative estimate of drug-likeness (QED) is 0.755. The van der Waals surface area contributed by atoms with Crippen molar-refractivity contribution in [3.05, 3.63) is 0 Å². The highest BCUT2D eigenvalue weighted by Crippen LogP contribution is 2.36. The molecule has 0 saturated heterocycles. The van der Waals surface area contributed by atoms with Gasteiger partial charge in [-0.1, -0.05) is 0 Å². The molecule has 0 aliphatic heterocycles. The van der Waals surface area contributed by atoms with E-state index in [-0.39, 0.29) is 44.1 Å². The van der Waals surface area contributed by atoms with Crippen LogP contribution in [0.5, 0.6) is 0 Å². The maximum atomic E-state index is 12.8. The molecule has 1 saturated carbocycles. The van der Waals surface area contributed by atoms with Crippen LogP contribution in [0.4, 0.5) is 8.78 Å². The van der Waals surface area contributed by atoms with Gasteiger partial charge in [-0.15, -0.1) is 0 Å². The van der Waals surface area contributed by atoms with E-state index >= 15 is 0 Å². The van der Waals surface area contributed by atoms with Gasteiger partial charge in [-0.2, -0.15) is 0 Å². The maximum Gasteiger partial charge on any atom is 0.248 e. The summed E-state index contributed by atoms with van der Waals surface area (Å²) in [5.74, 6) is -3.13. The highest BCUT2D eigenvalue weighted by atomic mass is 19.3. The molecule has 1 rings (SSSR count). The van der Waals surface area contributed by atoms with E-state index in [2.05, 4.69) is 5.32 Å². The third kappa shape index (κ3) is 4.11. The second-order valence-corrected chi connectivity index (χ2v) is 4.22. The van der Waals surface area contributed by atoms with Crippen LogP contribution in [0.15, 0.2) is 0 Å². The van der Waals surface area contributed by atoms with E-state index in [9.17, 15) is 13.6 Å². The molecule has 0 radical (unpaired) electrons. The van der Waals surface area contributed by atoms with Crippen molar-refractivity contribution in [2.45, 2.75) is 44.6 Å². The van der Waals surface area contributed by atoms with E-state index in [1.807, 2.05) is 0 Å². The van der Waals surface area contributed by atoms with Crippen LogP contribution in [-0.4, -0.2) is 29.6 Å². The normalized spacial score (nSPS) is 23.5. The topological polar surface area (TPSA) is 49.3 Å². The molecule has 88 valence electrons. The minimum absolute atomic E-state index is 0.186. The van der Waals surface area contributed by atoms with Crippen LogP contribution in [0.25, 0.3) is 0 Å². The first-order valence-corrected chi connectivity index (χ1v) is 5.24. The fourth-order valence-corrected chi connectivity index (χ4v) is 1.69. The SMILES string of the molecule is C[C@@H](O)CNC(=O)C1CCC(F)(F)CC1. The zero-order valence-corrected chi connectivity index (χ0v) is 8.80. The molecule has 1 aliphatic carbocycles. The first kappa shape index (κ1) is 12.4. The summed E-state index contributed by atoms with van der Waals surface area (Å²) in [4.78, 5) is 11.4. The van der Waals surface area contributed by atoms with E-state index in [1.54, 1.807) is 6.92 Å². The fourth-order valence-electron chi connectivity index (χ4n) is 1.69. The number of hydrogen-bond acceptors (Lipinski definition) is 2. The number of rotatable bonds is 3. The molecular formula is C10H17F2NO2. The third-order valence-corrected chi connectivity index (χ3v) is 2.66. The molecule has 2 N–H and O–H groups in total. The summed E-state index contributed by atoms with van der Waals surface area (Å²) in [6.45, 7) is 1.75. The highest BCUT2D eigenvalue weighted by molar-refractivity contribution is 5.78. The number of nitrogens with one attached hydrogen (secondary N) is 1. The summed E-state index contributed by atoms with van der Waals surface area (Å²) < 4.78 is 25.6. The first-order valence-electron chi connectivity index (χ1n) is 5.24. The van der Waals surface area contributed by atoms with E-state index in [4.69, 9.17) is 5.11 Å². The van der Waals surface area contributed by atoms with Gasteiger partial charge in [-0.3, -0.25) is 4.79 Å². The van der Waals surface area contributed by atoms with Crippen LogP contribution in [-0.2, 0) is 4.79 Å². The van der Waals surface area contributed by atoms with E-state index in [1.165, 1.54) is 0 Å². The number of halogens is 2. The summed E-state index contributed by atoms with van der Waals surface area (Å²) in [6.07, 6.45) is -0.546. The highest BCUT2D eigenvalue weighted by Gasteiger charge is 2.37. The maximum absolute atomic E-state index is 12.8. The van der Waals surface area contributed by atoms with Gasteiger partial charge in [-0.05, 0) is 19.8 Å². The third-order valence-electron chi connectivity index (χ3n) is 2.66. The Balaban J connectivity index is 2.30. The summed E-state index contributed by atoms with van der Waals surface area (Å²) in [5, 5.41) is 11.5. The first-order chi connectivity index (χ1) is 6.91. The van der Waals surface area contributed by atoms with Crippen molar-refractivity contribution in [1.82, 2.24) is 5.32 Å². The number of amides is 1. The molecule has 0 aromatic rings. The van der Waals surface area contributed by atoms with E-state index < -0.39 is 12.0 Å². The molecular weight excluding hydrogens is 204 g/mol. The van der Waals surface area contributed by atoms with Crippen LogP contribution in [0.3, 0.4) is 0 Å². The summed E-state index contributed by atoms with van der Waals surface area (Å²) >= 11 is 0. The number of alkyl halides is 2. The van der Waals surface area contributed by atoms with Crippen LogP contribution < -0.4 is 5.32 Å². The Morgan fingerprint density at radius 3 is 2.53 bits per heavy atom. The summed E-state index contributed by atoms with van der Waals surface area (Å²) in [7, 11) is 0. The van der Waals surface area contributed by atoms with Gasteiger partial charge in [0.05, 0.1) is 6.10 Å². The van der Waals surface area contributed by atoms with Crippen molar-refractivity contribution in [2.75, 3.05) is 6.54 Å². The van der Waals surface area contributed by atoms with Crippen molar-refractivity contribution >= 4 is 5.91 Å². The Morgan fingerprint density at radius 2 is 2.07 bits per heavy atom. The molecule has 0 bridgehead atoms. The fraction of sp³-hybridized carbons (Fsp3) is 0.900. The monoisotopic (exact) mass is 221 g/mol. The smallest absolute Gasteiger partial charge is 0.248 e. The Kier molecular flexibility index (Phi) is 4.02. The molecule has 0 aromatic carbocycles. The number of hydrogen-bond donors (Lipinski definition) is 2. The molecule has 3 nitrogen and oxygen atoms in total. The van der Waals surface area contributed by atoms with Crippen molar-refractivity contribution in [2.24, 2.45) is 5.92 Å². The van der Waals surface area contributed by atoms with Gasteiger partial charge in [0, 0.05) is 25.3 Å². The molecule has 1 fully saturated rings. The van der Waals surface area contributed by atoms with Crippen molar-refractivity contribution in [3.8, 4) is 0 Å². The van der Waals surface area contributed by atoms with Gasteiger partial charge in [0.1, 0.15) is 0 Å². The minimum Gasteiger partial charge on any atom is -0.392 e. The summed E-state index contributed by atoms with van der Waals surface area (Å²) in [5.41, 5.74) is 0. The molecule has 1 amide bonds. The molecule has 0 spiro atoms. The second-order valence-electron chi connectivity index (χ2n) is 4.22. The molecule has 5 heteroatoms. The lowest BCUT2D eigenvalue weighted by Gasteiger charge is -2.27. The van der Waals surface area contributed by atoms with Gasteiger partial charge in [0.15, 0.2) is 0 Å². The lowest BCUT2D eigenvalue weighted by atomic mass is 9.86. The van der Waals surface area contributed by atoms with Gasteiger partial charge in [0.2, 0.25) is 11.8 Å². The Labute approximate surface area is 87.9 Å². The molecule has 15 heavy (non-hydrogen) atoms. The second kappa shape index (κ2) is 4.88. The van der Waals surface area contributed by atoms with Gasteiger partial charge >= 0.3 is 0 Å². The number of aliphatic hydroxyl groups is 1. The zero-order chi connectivity index (χ0) is 11.5. The zero-order valence-electron chi connectivity index (χ0n) is 8.80. The largest absolute Gasteiger partial charge is 0.392 e. The molecule has 0 aromatic heterocycles. The van der Waals surface area contributed by atoms with Crippen molar-refractivity contribution in [3.63, 3.8) is 0 Å². The van der Waals surface area contributed by atoms with Gasteiger partial charge in [-0.25, -0.2) is 8.78 Å². The van der Waals surface area contributed by atoms with E-state index in [0.29, 0.717) is 0 Å². The average Bonchev–Trinajstić information content (AvgIpc) is 2.14. The molecule has 1 atom stereocenters. The van der Waals surface area contributed by atoms with Gasteiger partial charge < -0.3 is 10.4 Å². The standard InChI is InChI=1S/C10H17F2NO2/c1-7(14)6-13-9(15)8-2-4-10(11,12)5-3-8/h7-8,14H,2-6H2,1H3,(H,13,15)/t7-/m1/s1.